The van der Waals surface area contributed by atoms with Crippen molar-refractivity contribution in [2.75, 3.05) is 7.05 Å². The molecule has 2 N–H and O–H groups in total. The molecule has 0 fully saturated rings. The second-order valence-corrected chi connectivity index (χ2v) is 4.48. The molecule has 0 spiro atoms. The topological polar surface area (TPSA) is 49.3 Å². The van der Waals surface area contributed by atoms with E-state index in [4.69, 9.17) is 0 Å². The van der Waals surface area contributed by atoms with Crippen LogP contribution < -0.4 is 5.32 Å². The molecule has 0 bridgehead atoms. The second-order valence-electron chi connectivity index (χ2n) is 4.48. The molecule has 2 rings (SSSR count). The number of rotatable bonds is 3. The zero-order valence-electron chi connectivity index (χ0n) is 11.1. The number of carbonyl (C=O) groups is 1. The predicted octanol–water partition coefficient (Wildman–Crippen LogP) is 2.44. The molecule has 0 aliphatic carbocycles. The van der Waals surface area contributed by atoms with Gasteiger partial charge in [0.15, 0.2) is 0 Å². The minimum absolute atomic E-state index is 0.193. The third-order valence-electron chi connectivity index (χ3n) is 3.12. The maximum atomic E-state index is 11.8. The van der Waals surface area contributed by atoms with Gasteiger partial charge in [-0.25, -0.2) is 0 Å². The first kappa shape index (κ1) is 13.3. The lowest BCUT2D eigenvalue weighted by Crippen LogP contribution is -2.20. The number of carbonyl (C=O) groups excluding carboxylic acids is 1. The van der Waals surface area contributed by atoms with E-state index in [1.165, 1.54) is 0 Å². The zero-order chi connectivity index (χ0) is 13.8. The number of hydrogen-bond acceptors (Lipinski definition) is 2. The summed E-state index contributed by atoms with van der Waals surface area (Å²) in [6.07, 6.45) is -0.797. The number of aryl methyl sites for hydroxylation is 1. The molecular weight excluding hydrogens is 238 g/mol. The summed E-state index contributed by atoms with van der Waals surface area (Å²) in [5.41, 5.74) is 3.03. The van der Waals surface area contributed by atoms with Crippen molar-refractivity contribution in [3.05, 3.63) is 70.8 Å². The first-order chi connectivity index (χ1) is 9.13. The zero-order valence-corrected chi connectivity index (χ0v) is 11.1. The van der Waals surface area contributed by atoms with Crippen molar-refractivity contribution in [1.82, 2.24) is 5.32 Å². The van der Waals surface area contributed by atoms with Crippen molar-refractivity contribution >= 4 is 5.91 Å². The molecule has 98 valence electrons. The van der Waals surface area contributed by atoms with Crippen LogP contribution in [0.1, 0.15) is 33.2 Å². The first-order valence-corrected chi connectivity index (χ1v) is 6.19. The van der Waals surface area contributed by atoms with Gasteiger partial charge in [-0.1, -0.05) is 48.0 Å². The molecular formula is C16H17NO2. The van der Waals surface area contributed by atoms with Gasteiger partial charge in [0.1, 0.15) is 6.10 Å². The summed E-state index contributed by atoms with van der Waals surface area (Å²) in [5, 5.41) is 13.0. The van der Waals surface area contributed by atoms with Gasteiger partial charge in [0.05, 0.1) is 0 Å². The quantitative estimate of drug-likeness (QED) is 0.885. The summed E-state index contributed by atoms with van der Waals surface area (Å²) in [4.78, 5) is 11.8. The minimum Gasteiger partial charge on any atom is -0.384 e. The van der Waals surface area contributed by atoms with Crippen molar-refractivity contribution in [3.8, 4) is 0 Å². The Morgan fingerprint density at radius 3 is 2.37 bits per heavy atom. The third-order valence-corrected chi connectivity index (χ3v) is 3.12. The summed E-state index contributed by atoms with van der Waals surface area (Å²) >= 11 is 0. The number of hydrogen-bond donors (Lipinski definition) is 2. The fourth-order valence-corrected chi connectivity index (χ4v) is 2.01. The molecule has 3 heteroatoms. The number of aliphatic hydroxyl groups is 1. The Bertz CT molecular complexity index is 576. The summed E-state index contributed by atoms with van der Waals surface area (Å²) in [5.74, 6) is -0.193. The van der Waals surface area contributed by atoms with Crippen molar-refractivity contribution < 1.29 is 9.90 Å². The van der Waals surface area contributed by atoms with Crippen LogP contribution in [0.4, 0.5) is 0 Å². The van der Waals surface area contributed by atoms with E-state index in [9.17, 15) is 9.90 Å². The fourth-order valence-electron chi connectivity index (χ4n) is 2.01. The molecule has 0 saturated carbocycles. The van der Waals surface area contributed by atoms with E-state index in [2.05, 4.69) is 5.32 Å². The van der Waals surface area contributed by atoms with Crippen LogP contribution in [0.5, 0.6) is 0 Å². The average Bonchev–Trinajstić information content (AvgIpc) is 2.46. The Balaban J connectivity index is 2.41. The normalized spacial score (nSPS) is 11.9. The van der Waals surface area contributed by atoms with Crippen LogP contribution in [0.2, 0.25) is 0 Å². The standard InChI is InChI=1S/C16H17NO2/c1-11-7-9-12(10-8-11)15(18)13-5-3-4-6-14(13)16(19)17-2/h3-10,15,18H,1-2H3,(H,17,19)/t15-/m0/s1. The summed E-state index contributed by atoms with van der Waals surface area (Å²) in [6.45, 7) is 1.99. The first-order valence-electron chi connectivity index (χ1n) is 6.19. The maximum Gasteiger partial charge on any atom is 0.251 e. The summed E-state index contributed by atoms with van der Waals surface area (Å²) < 4.78 is 0. The maximum absolute atomic E-state index is 11.8. The Labute approximate surface area is 112 Å². The van der Waals surface area contributed by atoms with E-state index in [1.54, 1.807) is 25.2 Å². The van der Waals surface area contributed by atoms with Crippen molar-refractivity contribution in [1.29, 1.82) is 0 Å². The Kier molecular flexibility index (Phi) is 3.97. The highest BCUT2D eigenvalue weighted by Crippen LogP contribution is 2.25. The molecule has 1 amide bonds. The molecule has 1 atom stereocenters. The molecule has 0 aliphatic rings. The van der Waals surface area contributed by atoms with E-state index < -0.39 is 6.10 Å². The summed E-state index contributed by atoms with van der Waals surface area (Å²) in [6, 6.07) is 14.7. The van der Waals surface area contributed by atoms with E-state index in [0.29, 0.717) is 11.1 Å². The van der Waals surface area contributed by atoms with E-state index >= 15 is 0 Å². The van der Waals surface area contributed by atoms with E-state index in [1.807, 2.05) is 37.3 Å². The number of aliphatic hydroxyl groups excluding tert-OH is 1. The van der Waals surface area contributed by atoms with Gasteiger partial charge < -0.3 is 10.4 Å². The highest BCUT2D eigenvalue weighted by molar-refractivity contribution is 5.95. The molecule has 0 aromatic heterocycles. The van der Waals surface area contributed by atoms with Crippen molar-refractivity contribution in [3.63, 3.8) is 0 Å². The largest absolute Gasteiger partial charge is 0.384 e. The molecule has 0 saturated heterocycles. The lowest BCUT2D eigenvalue weighted by atomic mass is 9.96. The highest BCUT2D eigenvalue weighted by Gasteiger charge is 2.17. The molecule has 0 aliphatic heterocycles. The van der Waals surface area contributed by atoms with E-state index in [-0.39, 0.29) is 5.91 Å². The monoisotopic (exact) mass is 255 g/mol. The highest BCUT2D eigenvalue weighted by atomic mass is 16.3. The van der Waals surface area contributed by atoms with Crippen LogP contribution >= 0.6 is 0 Å². The Morgan fingerprint density at radius 2 is 1.74 bits per heavy atom. The molecule has 0 heterocycles. The smallest absolute Gasteiger partial charge is 0.251 e. The minimum atomic E-state index is -0.797. The average molecular weight is 255 g/mol. The molecule has 19 heavy (non-hydrogen) atoms. The molecule has 2 aromatic carbocycles. The SMILES string of the molecule is CNC(=O)c1ccccc1[C@@H](O)c1ccc(C)cc1. The van der Waals surface area contributed by atoms with Crippen LogP contribution in [0.3, 0.4) is 0 Å². The van der Waals surface area contributed by atoms with Gasteiger partial charge in [0.2, 0.25) is 0 Å². The number of nitrogens with one attached hydrogen (secondary N) is 1. The van der Waals surface area contributed by atoms with Gasteiger partial charge >= 0.3 is 0 Å². The third kappa shape index (κ3) is 2.83. The fraction of sp³-hybridized carbons (Fsp3) is 0.188. The van der Waals surface area contributed by atoms with E-state index in [0.717, 1.165) is 11.1 Å². The molecule has 3 nitrogen and oxygen atoms in total. The van der Waals surface area contributed by atoms with Gasteiger partial charge in [-0.2, -0.15) is 0 Å². The lowest BCUT2D eigenvalue weighted by Gasteiger charge is -2.15. The van der Waals surface area contributed by atoms with Gasteiger partial charge in [-0.15, -0.1) is 0 Å². The number of benzene rings is 2. The summed E-state index contributed by atoms with van der Waals surface area (Å²) in [7, 11) is 1.58. The van der Waals surface area contributed by atoms with Crippen molar-refractivity contribution in [2.45, 2.75) is 13.0 Å². The van der Waals surface area contributed by atoms with Crippen LogP contribution in [-0.2, 0) is 0 Å². The molecule has 0 unspecified atom stereocenters. The Hall–Kier alpha value is -2.13. The second kappa shape index (κ2) is 5.67. The Morgan fingerprint density at radius 1 is 1.11 bits per heavy atom. The van der Waals surface area contributed by atoms with Gasteiger partial charge in [-0.3, -0.25) is 4.79 Å². The van der Waals surface area contributed by atoms with Gasteiger partial charge in [0, 0.05) is 12.6 Å². The van der Waals surface area contributed by atoms with Gasteiger partial charge in [-0.05, 0) is 24.1 Å². The van der Waals surface area contributed by atoms with Gasteiger partial charge in [0.25, 0.3) is 5.91 Å². The van der Waals surface area contributed by atoms with Crippen LogP contribution in [0.15, 0.2) is 48.5 Å². The number of amides is 1. The van der Waals surface area contributed by atoms with Crippen molar-refractivity contribution in [2.24, 2.45) is 0 Å². The predicted molar refractivity (Wildman–Crippen MR) is 75.1 cm³/mol. The van der Waals surface area contributed by atoms with Crippen LogP contribution in [0.25, 0.3) is 0 Å². The van der Waals surface area contributed by atoms with Crippen LogP contribution in [-0.4, -0.2) is 18.1 Å². The molecule has 0 radical (unpaired) electrons. The lowest BCUT2D eigenvalue weighted by molar-refractivity contribution is 0.0958. The molecule has 2 aromatic rings. The van der Waals surface area contributed by atoms with Crippen LogP contribution in [0, 0.1) is 6.92 Å².